The van der Waals surface area contributed by atoms with Crippen molar-refractivity contribution in [3.63, 3.8) is 0 Å². The first-order valence-electron chi connectivity index (χ1n) is 8.45. The SMILES string of the molecule is COc1ccc(CCNC(=O)c2cncc(N3CCOCC3)c2)cc1. The zero-order valence-corrected chi connectivity index (χ0v) is 14.4. The second kappa shape index (κ2) is 8.48. The highest BCUT2D eigenvalue weighted by Crippen LogP contribution is 2.16. The van der Waals surface area contributed by atoms with E-state index in [2.05, 4.69) is 15.2 Å². The molecule has 1 amide bonds. The molecule has 0 bridgehead atoms. The van der Waals surface area contributed by atoms with E-state index in [4.69, 9.17) is 9.47 Å². The Balaban J connectivity index is 1.53. The molecular formula is C19H23N3O3. The molecule has 0 saturated carbocycles. The van der Waals surface area contributed by atoms with Crippen molar-refractivity contribution in [1.29, 1.82) is 0 Å². The van der Waals surface area contributed by atoms with E-state index in [1.807, 2.05) is 30.3 Å². The molecule has 0 radical (unpaired) electrons. The van der Waals surface area contributed by atoms with Crippen molar-refractivity contribution in [1.82, 2.24) is 10.3 Å². The number of carbonyl (C=O) groups is 1. The van der Waals surface area contributed by atoms with E-state index in [0.29, 0.717) is 25.3 Å². The van der Waals surface area contributed by atoms with Crippen LogP contribution in [0.3, 0.4) is 0 Å². The van der Waals surface area contributed by atoms with Gasteiger partial charge in [0.05, 0.1) is 37.8 Å². The maximum Gasteiger partial charge on any atom is 0.252 e. The zero-order valence-electron chi connectivity index (χ0n) is 14.4. The Labute approximate surface area is 147 Å². The fourth-order valence-corrected chi connectivity index (χ4v) is 2.76. The van der Waals surface area contributed by atoms with Crippen LogP contribution in [-0.4, -0.2) is 50.8 Å². The number of nitrogens with zero attached hydrogens (tertiary/aromatic N) is 2. The molecule has 132 valence electrons. The second-order valence-corrected chi connectivity index (χ2v) is 5.89. The Morgan fingerprint density at radius 3 is 2.72 bits per heavy atom. The molecule has 1 aromatic heterocycles. The van der Waals surface area contributed by atoms with Crippen LogP contribution >= 0.6 is 0 Å². The van der Waals surface area contributed by atoms with E-state index < -0.39 is 0 Å². The summed E-state index contributed by atoms with van der Waals surface area (Å²) in [5.74, 6) is 0.731. The van der Waals surface area contributed by atoms with Crippen molar-refractivity contribution in [3.8, 4) is 5.75 Å². The first-order valence-corrected chi connectivity index (χ1v) is 8.45. The van der Waals surface area contributed by atoms with Crippen LogP contribution in [0.15, 0.2) is 42.7 Å². The molecule has 6 heteroatoms. The third-order valence-corrected chi connectivity index (χ3v) is 4.22. The van der Waals surface area contributed by atoms with Gasteiger partial charge in [-0.15, -0.1) is 0 Å². The molecule has 1 fully saturated rings. The second-order valence-electron chi connectivity index (χ2n) is 5.89. The van der Waals surface area contributed by atoms with Gasteiger partial charge in [0.1, 0.15) is 5.75 Å². The number of benzene rings is 1. The van der Waals surface area contributed by atoms with Gasteiger partial charge >= 0.3 is 0 Å². The van der Waals surface area contributed by atoms with Crippen LogP contribution in [0.2, 0.25) is 0 Å². The van der Waals surface area contributed by atoms with Crippen LogP contribution in [-0.2, 0) is 11.2 Å². The molecule has 0 unspecified atom stereocenters. The Hall–Kier alpha value is -2.60. The zero-order chi connectivity index (χ0) is 17.5. The first kappa shape index (κ1) is 17.2. The Bertz CT molecular complexity index is 697. The number of amides is 1. The molecule has 0 atom stereocenters. The lowest BCUT2D eigenvalue weighted by Crippen LogP contribution is -2.36. The predicted octanol–water partition coefficient (Wildman–Crippen LogP) is 1.90. The van der Waals surface area contributed by atoms with Crippen molar-refractivity contribution in [2.75, 3.05) is 44.9 Å². The van der Waals surface area contributed by atoms with Gasteiger partial charge in [0.2, 0.25) is 0 Å². The molecule has 2 aromatic rings. The fourth-order valence-electron chi connectivity index (χ4n) is 2.76. The van der Waals surface area contributed by atoms with Crippen LogP contribution in [0.1, 0.15) is 15.9 Å². The monoisotopic (exact) mass is 341 g/mol. The van der Waals surface area contributed by atoms with Crippen LogP contribution in [0, 0.1) is 0 Å². The molecule has 1 aliphatic heterocycles. The summed E-state index contributed by atoms with van der Waals surface area (Å²) in [6, 6.07) is 9.75. The lowest BCUT2D eigenvalue weighted by molar-refractivity contribution is 0.0953. The van der Waals surface area contributed by atoms with E-state index >= 15 is 0 Å². The lowest BCUT2D eigenvalue weighted by atomic mass is 10.1. The minimum absolute atomic E-state index is 0.101. The average molecular weight is 341 g/mol. The fraction of sp³-hybridized carbons (Fsp3) is 0.368. The van der Waals surface area contributed by atoms with Gasteiger partial charge in [-0.1, -0.05) is 12.1 Å². The number of carbonyl (C=O) groups excluding carboxylic acids is 1. The predicted molar refractivity (Wildman–Crippen MR) is 96.3 cm³/mol. The number of morpholine rings is 1. The highest BCUT2D eigenvalue weighted by atomic mass is 16.5. The van der Waals surface area contributed by atoms with Gasteiger partial charge in [0.25, 0.3) is 5.91 Å². The van der Waals surface area contributed by atoms with Gasteiger partial charge in [-0.05, 0) is 30.2 Å². The smallest absolute Gasteiger partial charge is 0.252 e. The van der Waals surface area contributed by atoms with Crippen molar-refractivity contribution in [2.45, 2.75) is 6.42 Å². The van der Waals surface area contributed by atoms with Gasteiger partial charge in [-0.3, -0.25) is 9.78 Å². The quantitative estimate of drug-likeness (QED) is 0.869. The highest BCUT2D eigenvalue weighted by molar-refractivity contribution is 5.94. The molecular weight excluding hydrogens is 318 g/mol. The summed E-state index contributed by atoms with van der Waals surface area (Å²) in [5.41, 5.74) is 2.70. The Morgan fingerprint density at radius 1 is 1.24 bits per heavy atom. The summed E-state index contributed by atoms with van der Waals surface area (Å²) >= 11 is 0. The highest BCUT2D eigenvalue weighted by Gasteiger charge is 2.14. The summed E-state index contributed by atoms with van der Waals surface area (Å²) in [5, 5.41) is 2.95. The van der Waals surface area contributed by atoms with Gasteiger partial charge in [-0.2, -0.15) is 0 Å². The summed E-state index contributed by atoms with van der Waals surface area (Å²) in [6.45, 7) is 3.64. The molecule has 3 rings (SSSR count). The maximum atomic E-state index is 12.4. The number of rotatable bonds is 6. The Morgan fingerprint density at radius 2 is 2.00 bits per heavy atom. The van der Waals surface area contributed by atoms with E-state index in [9.17, 15) is 4.79 Å². The summed E-state index contributed by atoms with van der Waals surface area (Å²) < 4.78 is 10.5. The molecule has 6 nitrogen and oxygen atoms in total. The van der Waals surface area contributed by atoms with Crippen molar-refractivity contribution in [3.05, 3.63) is 53.9 Å². The van der Waals surface area contributed by atoms with Gasteiger partial charge in [-0.25, -0.2) is 0 Å². The number of ether oxygens (including phenoxy) is 2. The number of methoxy groups -OCH3 is 1. The minimum atomic E-state index is -0.101. The summed E-state index contributed by atoms with van der Waals surface area (Å²) in [6.07, 6.45) is 4.17. The summed E-state index contributed by atoms with van der Waals surface area (Å²) in [4.78, 5) is 18.8. The van der Waals surface area contributed by atoms with E-state index in [1.54, 1.807) is 19.5 Å². The standard InChI is InChI=1S/C19H23N3O3/c1-24-18-4-2-15(3-5-18)6-7-21-19(23)16-12-17(14-20-13-16)22-8-10-25-11-9-22/h2-5,12-14H,6-11H2,1H3,(H,21,23). The third-order valence-electron chi connectivity index (χ3n) is 4.22. The lowest BCUT2D eigenvalue weighted by Gasteiger charge is -2.28. The number of pyridine rings is 1. The normalized spacial score (nSPS) is 14.2. The molecule has 1 aromatic carbocycles. The van der Waals surface area contributed by atoms with E-state index in [-0.39, 0.29) is 5.91 Å². The molecule has 1 N–H and O–H groups in total. The number of hydrogen-bond acceptors (Lipinski definition) is 5. The Kier molecular flexibility index (Phi) is 5.85. The molecule has 0 spiro atoms. The molecule has 2 heterocycles. The van der Waals surface area contributed by atoms with Gasteiger partial charge < -0.3 is 19.7 Å². The number of hydrogen-bond donors (Lipinski definition) is 1. The van der Waals surface area contributed by atoms with Crippen LogP contribution in [0.25, 0.3) is 0 Å². The number of aromatic nitrogens is 1. The van der Waals surface area contributed by atoms with Crippen LogP contribution < -0.4 is 15.0 Å². The third kappa shape index (κ3) is 4.70. The number of nitrogens with one attached hydrogen (secondary N) is 1. The van der Waals surface area contributed by atoms with E-state index in [1.165, 1.54) is 0 Å². The van der Waals surface area contributed by atoms with Gasteiger partial charge in [0, 0.05) is 25.8 Å². The van der Waals surface area contributed by atoms with Gasteiger partial charge in [0.15, 0.2) is 0 Å². The largest absolute Gasteiger partial charge is 0.497 e. The summed E-state index contributed by atoms with van der Waals surface area (Å²) in [7, 11) is 1.65. The van der Waals surface area contributed by atoms with Crippen molar-refractivity contribution < 1.29 is 14.3 Å². The first-order chi connectivity index (χ1) is 12.3. The molecule has 1 aliphatic rings. The van der Waals surface area contributed by atoms with Crippen molar-refractivity contribution >= 4 is 11.6 Å². The van der Waals surface area contributed by atoms with Crippen LogP contribution in [0.5, 0.6) is 5.75 Å². The van der Waals surface area contributed by atoms with E-state index in [0.717, 1.165) is 36.5 Å². The number of anilines is 1. The average Bonchev–Trinajstić information content (AvgIpc) is 2.69. The topological polar surface area (TPSA) is 63.7 Å². The minimum Gasteiger partial charge on any atom is -0.497 e. The molecule has 1 saturated heterocycles. The molecule has 0 aliphatic carbocycles. The molecule has 25 heavy (non-hydrogen) atoms. The maximum absolute atomic E-state index is 12.4. The van der Waals surface area contributed by atoms with Crippen molar-refractivity contribution in [2.24, 2.45) is 0 Å². The van der Waals surface area contributed by atoms with Crippen LogP contribution in [0.4, 0.5) is 5.69 Å².